The third kappa shape index (κ3) is 9.45. The minimum absolute atomic E-state index is 0.0848. The quantitative estimate of drug-likeness (QED) is 0.650. The number of nitrogens with one attached hydrogen (secondary N) is 2. The van der Waals surface area contributed by atoms with Crippen molar-refractivity contribution >= 4 is 11.9 Å². The van der Waals surface area contributed by atoms with Crippen LogP contribution in [0.3, 0.4) is 0 Å². The standard InChI is InChI=1S/C11H22N2O3/c1-5-16-10(15)6-7-12-9(14)8-13-11(2,3)4/h13H,5-8H2,1-4H3,(H,12,14). The molecule has 0 aliphatic rings. The van der Waals surface area contributed by atoms with E-state index in [9.17, 15) is 9.59 Å². The van der Waals surface area contributed by atoms with Gasteiger partial charge in [-0.25, -0.2) is 0 Å². The molecule has 0 unspecified atom stereocenters. The first-order chi connectivity index (χ1) is 7.35. The van der Waals surface area contributed by atoms with E-state index < -0.39 is 0 Å². The lowest BCUT2D eigenvalue weighted by Crippen LogP contribution is -2.43. The molecule has 16 heavy (non-hydrogen) atoms. The van der Waals surface area contributed by atoms with Crippen molar-refractivity contribution < 1.29 is 14.3 Å². The molecular formula is C11H22N2O3. The van der Waals surface area contributed by atoms with Gasteiger partial charge in [-0.05, 0) is 27.7 Å². The van der Waals surface area contributed by atoms with E-state index in [4.69, 9.17) is 4.74 Å². The predicted molar refractivity (Wildman–Crippen MR) is 62.0 cm³/mol. The van der Waals surface area contributed by atoms with Gasteiger partial charge in [0.25, 0.3) is 0 Å². The molecule has 0 fully saturated rings. The first kappa shape index (κ1) is 14.9. The maximum Gasteiger partial charge on any atom is 0.307 e. The van der Waals surface area contributed by atoms with Crippen molar-refractivity contribution in [2.45, 2.75) is 39.7 Å². The molecule has 0 atom stereocenters. The summed E-state index contributed by atoms with van der Waals surface area (Å²) in [7, 11) is 0. The lowest BCUT2D eigenvalue weighted by atomic mass is 10.1. The van der Waals surface area contributed by atoms with Gasteiger partial charge in [0.15, 0.2) is 0 Å². The summed E-state index contributed by atoms with van der Waals surface area (Å²) in [6.07, 6.45) is 0.217. The molecule has 0 rings (SSSR count). The molecule has 94 valence electrons. The van der Waals surface area contributed by atoms with Gasteiger partial charge in [-0.3, -0.25) is 9.59 Å². The van der Waals surface area contributed by atoms with E-state index in [1.54, 1.807) is 6.92 Å². The van der Waals surface area contributed by atoms with E-state index in [0.29, 0.717) is 13.2 Å². The van der Waals surface area contributed by atoms with Crippen molar-refractivity contribution in [2.75, 3.05) is 19.7 Å². The van der Waals surface area contributed by atoms with Crippen LogP contribution in [0.5, 0.6) is 0 Å². The average Bonchev–Trinajstić information content (AvgIpc) is 2.14. The van der Waals surface area contributed by atoms with Gasteiger partial charge in [0.05, 0.1) is 19.6 Å². The largest absolute Gasteiger partial charge is 0.466 e. The summed E-state index contributed by atoms with van der Waals surface area (Å²) in [5.74, 6) is -0.397. The van der Waals surface area contributed by atoms with Crippen LogP contribution >= 0.6 is 0 Å². The third-order valence-corrected chi connectivity index (χ3v) is 1.74. The van der Waals surface area contributed by atoms with Gasteiger partial charge in [-0.15, -0.1) is 0 Å². The first-order valence-corrected chi connectivity index (χ1v) is 5.52. The molecule has 2 N–H and O–H groups in total. The fourth-order valence-electron chi connectivity index (χ4n) is 0.945. The Balaban J connectivity index is 3.55. The second kappa shape index (κ2) is 7.22. The monoisotopic (exact) mass is 230 g/mol. The molecule has 0 bridgehead atoms. The Kier molecular flexibility index (Phi) is 6.72. The van der Waals surface area contributed by atoms with Crippen LogP contribution < -0.4 is 10.6 Å². The molecule has 0 aromatic rings. The van der Waals surface area contributed by atoms with Gasteiger partial charge in [0.1, 0.15) is 0 Å². The Labute approximate surface area is 96.9 Å². The molecule has 0 aromatic carbocycles. The zero-order valence-corrected chi connectivity index (χ0v) is 10.6. The number of hydrogen-bond donors (Lipinski definition) is 2. The summed E-state index contributed by atoms with van der Waals surface area (Å²) in [6, 6.07) is 0. The normalized spacial score (nSPS) is 11.0. The summed E-state index contributed by atoms with van der Waals surface area (Å²) < 4.78 is 4.73. The molecule has 0 saturated carbocycles. The second-order valence-corrected chi connectivity index (χ2v) is 4.51. The molecule has 5 nitrogen and oxygen atoms in total. The Bertz CT molecular complexity index is 234. The van der Waals surface area contributed by atoms with E-state index in [0.717, 1.165) is 0 Å². The van der Waals surface area contributed by atoms with Gasteiger partial charge in [0, 0.05) is 12.1 Å². The number of hydrogen-bond acceptors (Lipinski definition) is 4. The fraction of sp³-hybridized carbons (Fsp3) is 0.818. The van der Waals surface area contributed by atoms with Crippen LogP contribution in [0.2, 0.25) is 0 Å². The lowest BCUT2D eigenvalue weighted by molar-refractivity contribution is -0.143. The molecule has 1 amide bonds. The number of rotatable bonds is 6. The van der Waals surface area contributed by atoms with Crippen molar-refractivity contribution in [1.29, 1.82) is 0 Å². The Morgan fingerprint density at radius 3 is 2.38 bits per heavy atom. The van der Waals surface area contributed by atoms with Crippen molar-refractivity contribution in [3.05, 3.63) is 0 Å². The zero-order valence-electron chi connectivity index (χ0n) is 10.6. The Morgan fingerprint density at radius 1 is 1.25 bits per heavy atom. The van der Waals surface area contributed by atoms with Crippen molar-refractivity contribution in [3.63, 3.8) is 0 Å². The van der Waals surface area contributed by atoms with E-state index in [1.165, 1.54) is 0 Å². The van der Waals surface area contributed by atoms with E-state index in [2.05, 4.69) is 10.6 Å². The number of carbonyl (C=O) groups is 2. The van der Waals surface area contributed by atoms with Crippen LogP contribution in [0.15, 0.2) is 0 Å². The van der Waals surface area contributed by atoms with Gasteiger partial charge < -0.3 is 15.4 Å². The van der Waals surface area contributed by atoms with Gasteiger partial charge in [0.2, 0.25) is 5.91 Å². The van der Waals surface area contributed by atoms with Crippen LogP contribution in [-0.4, -0.2) is 37.1 Å². The first-order valence-electron chi connectivity index (χ1n) is 5.52. The highest BCUT2D eigenvalue weighted by Crippen LogP contribution is 1.96. The molecule has 5 heteroatoms. The van der Waals surface area contributed by atoms with Crippen LogP contribution in [0.4, 0.5) is 0 Å². The molecule has 0 spiro atoms. The zero-order chi connectivity index (χ0) is 12.6. The van der Waals surface area contributed by atoms with E-state index >= 15 is 0 Å². The molecule has 0 aliphatic carbocycles. The molecule has 0 heterocycles. The van der Waals surface area contributed by atoms with Crippen molar-refractivity contribution in [3.8, 4) is 0 Å². The Morgan fingerprint density at radius 2 is 1.88 bits per heavy atom. The van der Waals surface area contributed by atoms with Crippen LogP contribution in [-0.2, 0) is 14.3 Å². The molecule has 0 aliphatic heterocycles. The summed E-state index contributed by atoms with van der Waals surface area (Å²) >= 11 is 0. The Hall–Kier alpha value is -1.10. The van der Waals surface area contributed by atoms with Crippen LogP contribution in [0, 0.1) is 0 Å². The topological polar surface area (TPSA) is 67.4 Å². The maximum absolute atomic E-state index is 11.3. The smallest absolute Gasteiger partial charge is 0.307 e. The fourth-order valence-corrected chi connectivity index (χ4v) is 0.945. The van der Waals surface area contributed by atoms with Crippen molar-refractivity contribution in [1.82, 2.24) is 10.6 Å². The lowest BCUT2D eigenvalue weighted by Gasteiger charge is -2.19. The van der Waals surface area contributed by atoms with Crippen LogP contribution in [0.25, 0.3) is 0 Å². The highest BCUT2D eigenvalue weighted by atomic mass is 16.5. The summed E-state index contributed by atoms with van der Waals surface area (Å²) in [6.45, 7) is 8.66. The minimum atomic E-state index is -0.286. The van der Waals surface area contributed by atoms with Gasteiger partial charge in [-0.2, -0.15) is 0 Å². The van der Waals surface area contributed by atoms with Gasteiger partial charge in [-0.1, -0.05) is 0 Å². The number of amides is 1. The van der Waals surface area contributed by atoms with Crippen LogP contribution in [0.1, 0.15) is 34.1 Å². The molecule has 0 aromatic heterocycles. The molecule has 0 radical (unpaired) electrons. The second-order valence-electron chi connectivity index (χ2n) is 4.51. The number of esters is 1. The highest BCUT2D eigenvalue weighted by Gasteiger charge is 2.11. The van der Waals surface area contributed by atoms with E-state index in [-0.39, 0.29) is 30.4 Å². The maximum atomic E-state index is 11.3. The van der Waals surface area contributed by atoms with E-state index in [1.807, 2.05) is 20.8 Å². The number of ether oxygens (including phenoxy) is 1. The predicted octanol–water partition coefficient (Wildman–Crippen LogP) is 0.444. The minimum Gasteiger partial charge on any atom is -0.466 e. The summed E-state index contributed by atoms with van der Waals surface area (Å²) in [4.78, 5) is 22.3. The van der Waals surface area contributed by atoms with Gasteiger partial charge >= 0.3 is 5.97 Å². The number of carbonyl (C=O) groups excluding carboxylic acids is 2. The SMILES string of the molecule is CCOC(=O)CCNC(=O)CNC(C)(C)C. The van der Waals surface area contributed by atoms with Crippen molar-refractivity contribution in [2.24, 2.45) is 0 Å². The third-order valence-electron chi connectivity index (χ3n) is 1.74. The average molecular weight is 230 g/mol. The molecule has 0 saturated heterocycles. The highest BCUT2D eigenvalue weighted by molar-refractivity contribution is 5.78. The summed E-state index contributed by atoms with van der Waals surface area (Å²) in [5, 5.41) is 5.70. The molecular weight excluding hydrogens is 208 g/mol. The summed E-state index contributed by atoms with van der Waals surface area (Å²) in [5.41, 5.74) is -0.0848.